The number of nitrogens with two attached hydrogens (primary N) is 1. The zero-order valence-electron chi connectivity index (χ0n) is 11.7. The second kappa shape index (κ2) is 7.62. The van der Waals surface area contributed by atoms with Crippen molar-refractivity contribution in [3.05, 3.63) is 29.8 Å². The summed E-state index contributed by atoms with van der Waals surface area (Å²) >= 11 is 0. The van der Waals surface area contributed by atoms with Crippen LogP contribution in [0.15, 0.2) is 29.2 Å². The number of sulfonamides is 1. The van der Waals surface area contributed by atoms with Gasteiger partial charge in [-0.05, 0) is 44.4 Å². The molecule has 0 aliphatic rings. The normalized spacial score (nSPS) is 13.4. The fourth-order valence-corrected chi connectivity index (χ4v) is 3.14. The van der Waals surface area contributed by atoms with E-state index in [1.165, 1.54) is 0 Å². The largest absolute Gasteiger partial charge is 0.330 e. The maximum Gasteiger partial charge on any atom is 0.240 e. The Hall–Kier alpha value is -0.910. The second-order valence-corrected chi connectivity index (χ2v) is 6.66. The molecule has 0 aliphatic carbocycles. The van der Waals surface area contributed by atoms with Crippen LogP contribution in [0.1, 0.15) is 31.7 Å². The van der Waals surface area contributed by atoms with E-state index in [-0.39, 0.29) is 0 Å². The number of nitrogens with one attached hydrogen (secondary N) is 1. The maximum atomic E-state index is 12.1. The molecule has 0 bridgehead atoms. The van der Waals surface area contributed by atoms with Crippen molar-refractivity contribution in [2.24, 2.45) is 11.7 Å². The Morgan fingerprint density at radius 3 is 2.37 bits per heavy atom. The molecule has 0 fully saturated rings. The number of aryl methyl sites for hydroxylation is 1. The monoisotopic (exact) mass is 284 g/mol. The number of benzene rings is 1. The summed E-state index contributed by atoms with van der Waals surface area (Å²) in [5.41, 5.74) is 6.60. The van der Waals surface area contributed by atoms with E-state index in [0.717, 1.165) is 24.8 Å². The van der Waals surface area contributed by atoms with Gasteiger partial charge >= 0.3 is 0 Å². The third kappa shape index (κ3) is 5.30. The van der Waals surface area contributed by atoms with E-state index in [0.29, 0.717) is 23.9 Å². The van der Waals surface area contributed by atoms with Crippen LogP contribution < -0.4 is 10.5 Å². The lowest BCUT2D eigenvalue weighted by molar-refractivity contribution is 0.443. The van der Waals surface area contributed by atoms with Gasteiger partial charge in [0.05, 0.1) is 4.90 Å². The van der Waals surface area contributed by atoms with Crippen molar-refractivity contribution in [2.45, 2.75) is 38.0 Å². The molecule has 108 valence electrons. The summed E-state index contributed by atoms with van der Waals surface area (Å²) in [6.07, 6.45) is 2.88. The molecule has 0 saturated carbocycles. The van der Waals surface area contributed by atoms with Crippen molar-refractivity contribution in [2.75, 3.05) is 13.1 Å². The van der Waals surface area contributed by atoms with Crippen LogP contribution in [0.25, 0.3) is 0 Å². The lowest BCUT2D eigenvalue weighted by Gasteiger charge is -2.16. The molecule has 1 aromatic rings. The van der Waals surface area contributed by atoms with Gasteiger partial charge < -0.3 is 5.73 Å². The Kier molecular flexibility index (Phi) is 6.48. The first-order valence-electron chi connectivity index (χ1n) is 6.76. The second-order valence-electron chi connectivity index (χ2n) is 4.90. The van der Waals surface area contributed by atoms with Crippen LogP contribution in [-0.4, -0.2) is 21.5 Å². The molecular weight excluding hydrogens is 260 g/mol. The van der Waals surface area contributed by atoms with E-state index in [9.17, 15) is 8.42 Å². The number of rotatable bonds is 8. The summed E-state index contributed by atoms with van der Waals surface area (Å²) in [7, 11) is -3.40. The standard InChI is InChI=1S/C14H24N2O2S/c1-3-4-13(9-10-15)11-16-19(17,18)14-7-5-12(2)6-8-14/h5-8,13,16H,3-4,9-11,15H2,1-2H3. The highest BCUT2D eigenvalue weighted by Gasteiger charge is 2.16. The minimum atomic E-state index is -3.40. The van der Waals surface area contributed by atoms with Crippen LogP contribution in [0, 0.1) is 12.8 Å². The molecule has 1 atom stereocenters. The SMILES string of the molecule is CCCC(CCN)CNS(=O)(=O)c1ccc(C)cc1. The molecule has 19 heavy (non-hydrogen) atoms. The van der Waals surface area contributed by atoms with Crippen molar-refractivity contribution < 1.29 is 8.42 Å². The van der Waals surface area contributed by atoms with E-state index in [1.54, 1.807) is 24.3 Å². The smallest absolute Gasteiger partial charge is 0.240 e. The third-order valence-corrected chi connectivity index (χ3v) is 4.60. The fraction of sp³-hybridized carbons (Fsp3) is 0.571. The highest BCUT2D eigenvalue weighted by atomic mass is 32.2. The predicted molar refractivity (Wildman–Crippen MR) is 78.4 cm³/mol. The molecule has 5 heteroatoms. The molecule has 0 radical (unpaired) electrons. The molecule has 0 spiro atoms. The van der Waals surface area contributed by atoms with Crippen LogP contribution in [0.4, 0.5) is 0 Å². The Morgan fingerprint density at radius 1 is 1.21 bits per heavy atom. The average molecular weight is 284 g/mol. The van der Waals surface area contributed by atoms with Crippen molar-refractivity contribution >= 4 is 10.0 Å². The summed E-state index contributed by atoms with van der Waals surface area (Å²) in [6, 6.07) is 6.88. The van der Waals surface area contributed by atoms with Crippen molar-refractivity contribution in [3.8, 4) is 0 Å². The van der Waals surface area contributed by atoms with Crippen molar-refractivity contribution in [1.29, 1.82) is 0 Å². The van der Waals surface area contributed by atoms with E-state index < -0.39 is 10.0 Å². The fourth-order valence-electron chi connectivity index (χ4n) is 2.02. The van der Waals surface area contributed by atoms with Gasteiger partial charge in [-0.1, -0.05) is 31.0 Å². The third-order valence-electron chi connectivity index (χ3n) is 3.17. The van der Waals surface area contributed by atoms with Crippen molar-refractivity contribution in [1.82, 2.24) is 4.72 Å². The summed E-state index contributed by atoms with van der Waals surface area (Å²) in [5, 5.41) is 0. The zero-order chi connectivity index (χ0) is 14.3. The molecule has 0 amide bonds. The quantitative estimate of drug-likeness (QED) is 0.767. The first-order valence-corrected chi connectivity index (χ1v) is 8.24. The van der Waals surface area contributed by atoms with Gasteiger partial charge in [0.25, 0.3) is 0 Å². The molecule has 1 aromatic carbocycles. The highest BCUT2D eigenvalue weighted by Crippen LogP contribution is 2.13. The summed E-state index contributed by atoms with van der Waals surface area (Å²) < 4.78 is 26.9. The van der Waals surface area contributed by atoms with Gasteiger partial charge in [-0.15, -0.1) is 0 Å². The molecular formula is C14H24N2O2S. The minimum absolute atomic E-state index is 0.315. The molecule has 1 unspecified atom stereocenters. The Balaban J connectivity index is 2.66. The zero-order valence-corrected chi connectivity index (χ0v) is 12.5. The van der Waals surface area contributed by atoms with Gasteiger partial charge in [-0.2, -0.15) is 0 Å². The molecule has 1 rings (SSSR count). The van der Waals surface area contributed by atoms with Crippen LogP contribution in [-0.2, 0) is 10.0 Å². The van der Waals surface area contributed by atoms with Crippen LogP contribution in [0.2, 0.25) is 0 Å². The van der Waals surface area contributed by atoms with E-state index >= 15 is 0 Å². The molecule has 0 saturated heterocycles. The number of hydrogen-bond acceptors (Lipinski definition) is 3. The average Bonchev–Trinajstić information content (AvgIpc) is 2.37. The molecule has 3 N–H and O–H groups in total. The van der Waals surface area contributed by atoms with Crippen LogP contribution in [0.3, 0.4) is 0 Å². The Morgan fingerprint density at radius 2 is 1.84 bits per heavy atom. The maximum absolute atomic E-state index is 12.1. The lowest BCUT2D eigenvalue weighted by Crippen LogP contribution is -2.30. The summed E-state index contributed by atoms with van der Waals surface area (Å²) in [4.78, 5) is 0.320. The predicted octanol–water partition coefficient (Wildman–Crippen LogP) is 2.04. The van der Waals surface area contributed by atoms with Crippen LogP contribution in [0.5, 0.6) is 0 Å². The first kappa shape index (κ1) is 16.1. The number of hydrogen-bond donors (Lipinski definition) is 2. The molecule has 0 aromatic heterocycles. The van der Waals surface area contributed by atoms with Gasteiger partial charge in [-0.25, -0.2) is 13.1 Å². The van der Waals surface area contributed by atoms with Gasteiger partial charge in [0.2, 0.25) is 10.0 Å². The summed E-state index contributed by atoms with van der Waals surface area (Å²) in [5.74, 6) is 0.315. The summed E-state index contributed by atoms with van der Waals surface area (Å²) in [6.45, 7) is 5.08. The molecule has 0 aliphatic heterocycles. The van der Waals surface area contributed by atoms with Crippen LogP contribution >= 0.6 is 0 Å². The van der Waals surface area contributed by atoms with Gasteiger partial charge in [-0.3, -0.25) is 0 Å². The first-order chi connectivity index (χ1) is 8.99. The highest BCUT2D eigenvalue weighted by molar-refractivity contribution is 7.89. The Labute approximate surface area is 116 Å². The minimum Gasteiger partial charge on any atom is -0.330 e. The topological polar surface area (TPSA) is 72.2 Å². The molecule has 4 nitrogen and oxygen atoms in total. The van der Waals surface area contributed by atoms with E-state index in [1.807, 2.05) is 6.92 Å². The van der Waals surface area contributed by atoms with Crippen molar-refractivity contribution in [3.63, 3.8) is 0 Å². The molecule has 0 heterocycles. The lowest BCUT2D eigenvalue weighted by atomic mass is 10.0. The van der Waals surface area contributed by atoms with E-state index in [2.05, 4.69) is 11.6 Å². The Bertz CT molecular complexity index is 463. The van der Waals surface area contributed by atoms with Gasteiger partial charge in [0.15, 0.2) is 0 Å². The van der Waals surface area contributed by atoms with Gasteiger partial charge in [0.1, 0.15) is 0 Å². The van der Waals surface area contributed by atoms with Gasteiger partial charge in [0, 0.05) is 6.54 Å². The van der Waals surface area contributed by atoms with E-state index in [4.69, 9.17) is 5.73 Å².